The van der Waals surface area contributed by atoms with Gasteiger partial charge in [-0.2, -0.15) is 0 Å². The molecule has 3 rings (SSSR count). The predicted octanol–water partition coefficient (Wildman–Crippen LogP) is 2.59. The largest absolute Gasteiger partial charge is 0.464 e. The third kappa shape index (κ3) is 4.00. The smallest absolute Gasteiger partial charge is 0.331 e. The van der Waals surface area contributed by atoms with Gasteiger partial charge < -0.3 is 4.74 Å². The zero-order valence-corrected chi connectivity index (χ0v) is 15.3. The number of amides is 2. The number of aryl methyl sites for hydroxylation is 1. The van der Waals surface area contributed by atoms with E-state index in [0.29, 0.717) is 5.56 Å². The maximum absolute atomic E-state index is 12.6. The number of hydrogen-bond donors (Lipinski definition) is 1. The second-order valence-corrected chi connectivity index (χ2v) is 6.49. The number of esters is 1. The Morgan fingerprint density at radius 1 is 1.11 bits per heavy atom. The molecule has 0 saturated carbocycles. The van der Waals surface area contributed by atoms with E-state index in [1.807, 2.05) is 31.2 Å². The highest BCUT2D eigenvalue weighted by atomic mass is 16.5. The van der Waals surface area contributed by atoms with E-state index in [2.05, 4.69) is 5.43 Å². The number of ether oxygens (including phenoxy) is 1. The third-order valence-corrected chi connectivity index (χ3v) is 4.61. The predicted molar refractivity (Wildman–Crippen MR) is 99.7 cm³/mol. The molecule has 1 N–H and O–H groups in total. The summed E-state index contributed by atoms with van der Waals surface area (Å²) in [5, 5.41) is 1.12. The molecule has 0 aromatic heterocycles. The van der Waals surface area contributed by atoms with E-state index in [4.69, 9.17) is 4.74 Å². The lowest BCUT2D eigenvalue weighted by Crippen LogP contribution is -2.52. The molecule has 0 aliphatic carbocycles. The van der Waals surface area contributed by atoms with Crippen molar-refractivity contribution in [1.82, 2.24) is 10.4 Å². The molecule has 27 heavy (non-hydrogen) atoms. The molecular formula is C21H22N2O4. The van der Waals surface area contributed by atoms with Crippen LogP contribution in [0.3, 0.4) is 0 Å². The topological polar surface area (TPSA) is 75.7 Å². The number of rotatable bonds is 5. The molecule has 2 amide bonds. The molecule has 140 valence electrons. The number of nitrogens with zero attached hydrogens (tertiary/aromatic N) is 1. The van der Waals surface area contributed by atoms with Crippen LogP contribution in [0.25, 0.3) is 0 Å². The molecule has 1 heterocycles. The number of benzene rings is 2. The average Bonchev–Trinajstić information content (AvgIpc) is 2.99. The van der Waals surface area contributed by atoms with Crippen molar-refractivity contribution in [2.75, 3.05) is 6.61 Å². The van der Waals surface area contributed by atoms with Gasteiger partial charge >= 0.3 is 5.97 Å². The lowest BCUT2D eigenvalue weighted by atomic mass is 9.91. The number of hydrogen-bond acceptors (Lipinski definition) is 4. The van der Waals surface area contributed by atoms with Crippen LogP contribution in [0.2, 0.25) is 0 Å². The number of carbonyl (C=O) groups is 3. The van der Waals surface area contributed by atoms with Crippen molar-refractivity contribution in [3.05, 3.63) is 71.3 Å². The fourth-order valence-electron chi connectivity index (χ4n) is 3.24. The molecule has 0 radical (unpaired) electrons. The zero-order valence-electron chi connectivity index (χ0n) is 15.3. The first kappa shape index (κ1) is 18.6. The summed E-state index contributed by atoms with van der Waals surface area (Å²) in [6.07, 6.45) is 0.127. The Balaban J connectivity index is 1.89. The molecule has 0 unspecified atom stereocenters. The van der Waals surface area contributed by atoms with E-state index in [1.54, 1.807) is 37.3 Å². The lowest BCUT2D eigenvalue weighted by molar-refractivity contribution is -0.153. The molecule has 0 spiro atoms. The fourth-order valence-corrected chi connectivity index (χ4v) is 3.24. The van der Waals surface area contributed by atoms with Crippen LogP contribution in [0, 0.1) is 6.92 Å². The van der Waals surface area contributed by atoms with Gasteiger partial charge in [0.15, 0.2) is 6.04 Å². The minimum Gasteiger partial charge on any atom is -0.464 e. The van der Waals surface area contributed by atoms with Crippen molar-refractivity contribution in [2.24, 2.45) is 0 Å². The SMILES string of the molecule is CCOC(=O)[C@H]1[C@H](c2ccc(C)cc2)CC(=O)N1NC(=O)c1ccccc1. The maximum Gasteiger partial charge on any atom is 0.331 e. The Morgan fingerprint density at radius 2 is 1.78 bits per heavy atom. The maximum atomic E-state index is 12.6. The summed E-state index contributed by atoms with van der Waals surface area (Å²) >= 11 is 0. The van der Waals surface area contributed by atoms with Crippen molar-refractivity contribution in [2.45, 2.75) is 32.2 Å². The highest BCUT2D eigenvalue weighted by molar-refractivity contribution is 5.97. The zero-order chi connectivity index (χ0) is 19.4. The van der Waals surface area contributed by atoms with Gasteiger partial charge in [-0.25, -0.2) is 9.80 Å². The van der Waals surface area contributed by atoms with Crippen LogP contribution >= 0.6 is 0 Å². The third-order valence-electron chi connectivity index (χ3n) is 4.61. The average molecular weight is 366 g/mol. The van der Waals surface area contributed by atoms with E-state index in [0.717, 1.165) is 16.1 Å². The monoisotopic (exact) mass is 366 g/mol. The highest BCUT2D eigenvalue weighted by Crippen LogP contribution is 2.34. The van der Waals surface area contributed by atoms with Gasteiger partial charge in [-0.05, 0) is 31.5 Å². The summed E-state index contributed by atoms with van der Waals surface area (Å²) in [5.41, 5.74) is 4.95. The molecule has 2 atom stereocenters. The molecule has 0 bridgehead atoms. The van der Waals surface area contributed by atoms with Crippen molar-refractivity contribution >= 4 is 17.8 Å². The van der Waals surface area contributed by atoms with Crippen LogP contribution < -0.4 is 5.43 Å². The van der Waals surface area contributed by atoms with Crippen molar-refractivity contribution < 1.29 is 19.1 Å². The van der Waals surface area contributed by atoms with Gasteiger partial charge in [0, 0.05) is 17.9 Å². The van der Waals surface area contributed by atoms with Gasteiger partial charge in [0.25, 0.3) is 5.91 Å². The quantitative estimate of drug-likeness (QED) is 0.826. The van der Waals surface area contributed by atoms with Crippen LogP contribution in [0.1, 0.15) is 40.7 Å². The second kappa shape index (κ2) is 8.03. The van der Waals surface area contributed by atoms with Crippen LogP contribution in [-0.4, -0.2) is 35.4 Å². The second-order valence-electron chi connectivity index (χ2n) is 6.49. The molecule has 6 nitrogen and oxygen atoms in total. The minimum absolute atomic E-state index is 0.127. The normalized spacial score (nSPS) is 19.0. The van der Waals surface area contributed by atoms with E-state index in [9.17, 15) is 14.4 Å². The Kier molecular flexibility index (Phi) is 5.54. The minimum atomic E-state index is -0.896. The molecule has 1 fully saturated rings. The van der Waals surface area contributed by atoms with Gasteiger partial charge in [-0.1, -0.05) is 48.0 Å². The molecule has 6 heteroatoms. The summed E-state index contributed by atoms with van der Waals surface area (Å²) in [6, 6.07) is 15.3. The molecule has 1 aliphatic heterocycles. The molecule has 2 aromatic carbocycles. The van der Waals surface area contributed by atoms with E-state index >= 15 is 0 Å². The van der Waals surface area contributed by atoms with Gasteiger partial charge in [-0.3, -0.25) is 15.0 Å². The van der Waals surface area contributed by atoms with E-state index in [-0.39, 0.29) is 24.9 Å². The van der Waals surface area contributed by atoms with E-state index < -0.39 is 17.9 Å². The van der Waals surface area contributed by atoms with Crippen LogP contribution in [0.4, 0.5) is 0 Å². The standard InChI is InChI=1S/C21H22N2O4/c1-3-27-21(26)19-17(15-11-9-14(2)10-12-15)13-18(24)23(19)22-20(25)16-7-5-4-6-8-16/h4-12,17,19H,3,13H2,1-2H3,(H,22,25)/t17-,19+/m0/s1. The van der Waals surface area contributed by atoms with Gasteiger partial charge in [0.1, 0.15) is 0 Å². The Bertz CT molecular complexity index is 833. The van der Waals surface area contributed by atoms with Gasteiger partial charge in [0.2, 0.25) is 5.91 Å². The Morgan fingerprint density at radius 3 is 2.41 bits per heavy atom. The van der Waals surface area contributed by atoms with Gasteiger partial charge in [-0.15, -0.1) is 0 Å². The number of carbonyl (C=O) groups excluding carboxylic acids is 3. The van der Waals surface area contributed by atoms with Crippen LogP contribution in [0.15, 0.2) is 54.6 Å². The molecular weight excluding hydrogens is 344 g/mol. The first-order chi connectivity index (χ1) is 13.0. The molecule has 1 saturated heterocycles. The lowest BCUT2D eigenvalue weighted by Gasteiger charge is -2.26. The fraction of sp³-hybridized carbons (Fsp3) is 0.286. The summed E-state index contributed by atoms with van der Waals surface area (Å²) in [4.78, 5) is 37.7. The molecule has 2 aromatic rings. The Labute approximate surface area is 158 Å². The highest BCUT2D eigenvalue weighted by Gasteiger charge is 2.47. The molecule has 1 aliphatic rings. The summed E-state index contributed by atoms with van der Waals surface area (Å²) in [6.45, 7) is 3.88. The van der Waals surface area contributed by atoms with Crippen molar-refractivity contribution in [3.8, 4) is 0 Å². The number of hydrazine groups is 1. The van der Waals surface area contributed by atoms with Crippen LogP contribution in [0.5, 0.6) is 0 Å². The Hall–Kier alpha value is -3.15. The summed E-state index contributed by atoms with van der Waals surface area (Å²) < 4.78 is 5.18. The first-order valence-corrected chi connectivity index (χ1v) is 8.92. The number of nitrogens with one attached hydrogen (secondary N) is 1. The van der Waals surface area contributed by atoms with Gasteiger partial charge in [0.05, 0.1) is 6.61 Å². The van der Waals surface area contributed by atoms with Crippen LogP contribution in [-0.2, 0) is 14.3 Å². The van der Waals surface area contributed by atoms with Crippen molar-refractivity contribution in [3.63, 3.8) is 0 Å². The summed E-state index contributed by atoms with van der Waals surface area (Å²) in [7, 11) is 0. The van der Waals surface area contributed by atoms with E-state index in [1.165, 1.54) is 0 Å². The summed E-state index contributed by atoms with van der Waals surface area (Å²) in [5.74, 6) is -1.67. The first-order valence-electron chi connectivity index (χ1n) is 8.92. The van der Waals surface area contributed by atoms with Crippen molar-refractivity contribution in [1.29, 1.82) is 0 Å².